The molecule has 3 rings (SSSR count). The van der Waals surface area contributed by atoms with E-state index in [1.54, 1.807) is 31.2 Å². The number of carbonyl (C=O) groups is 2. The van der Waals surface area contributed by atoms with Crippen LogP contribution in [0.25, 0.3) is 11.1 Å². The smallest absolute Gasteiger partial charge is 0.339 e. The fourth-order valence-electron chi connectivity index (χ4n) is 2.32. The number of pyridine rings is 1. The molecular weight excluding hydrogens is 322 g/mol. The minimum Gasteiger partial charge on any atom is -0.449 e. The number of aryl methyl sites for hydroxylation is 1. The third kappa shape index (κ3) is 3.82. The molecule has 7 heteroatoms. The molecule has 0 saturated heterocycles. The van der Waals surface area contributed by atoms with Gasteiger partial charge in [-0.1, -0.05) is 13.0 Å². The summed E-state index contributed by atoms with van der Waals surface area (Å²) in [5.74, 6) is -0.602. The molecule has 7 nitrogen and oxygen atoms in total. The van der Waals surface area contributed by atoms with Crippen molar-refractivity contribution in [3.05, 3.63) is 54.0 Å². The first kappa shape index (κ1) is 16.6. The van der Waals surface area contributed by atoms with Gasteiger partial charge in [-0.2, -0.15) is 0 Å². The highest BCUT2D eigenvalue weighted by molar-refractivity contribution is 5.98. The van der Waals surface area contributed by atoms with E-state index in [0.29, 0.717) is 28.9 Å². The van der Waals surface area contributed by atoms with Crippen molar-refractivity contribution in [2.45, 2.75) is 26.4 Å². The number of nitrogens with one attached hydrogen (secondary N) is 1. The zero-order valence-electron chi connectivity index (χ0n) is 13.9. The number of carbonyl (C=O) groups excluding carboxylic acids is 2. The van der Waals surface area contributed by atoms with Gasteiger partial charge in [0, 0.05) is 5.69 Å². The highest BCUT2D eigenvalue weighted by atomic mass is 16.5. The predicted octanol–water partition coefficient (Wildman–Crippen LogP) is 3.11. The molecule has 0 fully saturated rings. The number of aromatic nitrogens is 2. The van der Waals surface area contributed by atoms with Crippen molar-refractivity contribution in [2.75, 3.05) is 5.32 Å². The number of esters is 1. The second-order valence-corrected chi connectivity index (χ2v) is 5.49. The van der Waals surface area contributed by atoms with Crippen LogP contribution in [0.15, 0.2) is 47.2 Å². The topological polar surface area (TPSA) is 94.3 Å². The van der Waals surface area contributed by atoms with Gasteiger partial charge in [-0.05, 0) is 43.7 Å². The van der Waals surface area contributed by atoms with Crippen LogP contribution in [-0.2, 0) is 9.53 Å². The third-order valence-electron chi connectivity index (χ3n) is 3.62. The largest absolute Gasteiger partial charge is 0.449 e. The van der Waals surface area contributed by atoms with Crippen molar-refractivity contribution in [3.63, 3.8) is 0 Å². The third-order valence-corrected chi connectivity index (χ3v) is 3.62. The van der Waals surface area contributed by atoms with Gasteiger partial charge in [0.1, 0.15) is 11.3 Å². The van der Waals surface area contributed by atoms with Crippen molar-refractivity contribution in [3.8, 4) is 0 Å². The van der Waals surface area contributed by atoms with Crippen LogP contribution in [-0.4, -0.2) is 27.9 Å². The van der Waals surface area contributed by atoms with Gasteiger partial charge < -0.3 is 14.5 Å². The number of hydrogen-bond donors (Lipinski definition) is 1. The van der Waals surface area contributed by atoms with E-state index in [0.717, 1.165) is 5.69 Å². The number of nitrogens with zero attached hydrogens (tertiary/aromatic N) is 2. The van der Waals surface area contributed by atoms with Crippen LogP contribution in [0.4, 0.5) is 5.82 Å². The molecular formula is C18H17N3O4. The van der Waals surface area contributed by atoms with Crippen LogP contribution < -0.4 is 5.32 Å². The van der Waals surface area contributed by atoms with Crippen LogP contribution in [0.3, 0.4) is 0 Å². The Morgan fingerprint density at radius 3 is 2.88 bits per heavy atom. The second kappa shape index (κ2) is 7.12. The fourth-order valence-corrected chi connectivity index (χ4v) is 2.32. The molecule has 0 bridgehead atoms. The van der Waals surface area contributed by atoms with Crippen LogP contribution in [0.2, 0.25) is 0 Å². The molecule has 0 spiro atoms. The second-order valence-electron chi connectivity index (χ2n) is 5.49. The van der Waals surface area contributed by atoms with Crippen molar-refractivity contribution in [1.82, 2.24) is 9.97 Å². The molecule has 1 aromatic carbocycles. The molecule has 0 aliphatic carbocycles. The van der Waals surface area contributed by atoms with Gasteiger partial charge in [0.05, 0.1) is 5.56 Å². The number of hydrogen-bond acceptors (Lipinski definition) is 6. The summed E-state index contributed by atoms with van der Waals surface area (Å²) in [6.07, 6.45) is 0.727. The Morgan fingerprint density at radius 1 is 1.28 bits per heavy atom. The molecule has 1 unspecified atom stereocenters. The van der Waals surface area contributed by atoms with Crippen LogP contribution in [0.5, 0.6) is 0 Å². The average molecular weight is 339 g/mol. The highest BCUT2D eigenvalue weighted by Gasteiger charge is 2.23. The van der Waals surface area contributed by atoms with Gasteiger partial charge in [-0.15, -0.1) is 0 Å². The van der Waals surface area contributed by atoms with Crippen LogP contribution in [0.1, 0.15) is 29.4 Å². The van der Waals surface area contributed by atoms with Gasteiger partial charge in [-0.25, -0.2) is 14.8 Å². The molecule has 128 valence electrons. The standard InChI is InChI=1S/C18H17N3O4/c1-3-14(17(22)21-16-6-4-5-11(2)20-16)25-18(23)12-7-8-13-15(9-12)24-10-19-13/h4-10,14H,3H2,1-2H3,(H,20,21,22). The van der Waals surface area contributed by atoms with E-state index in [9.17, 15) is 9.59 Å². The van der Waals surface area contributed by atoms with E-state index in [1.165, 1.54) is 12.5 Å². The minimum absolute atomic E-state index is 0.296. The average Bonchev–Trinajstić information content (AvgIpc) is 3.07. The number of fused-ring (bicyclic) bond motifs is 1. The first-order valence-corrected chi connectivity index (χ1v) is 7.85. The maximum Gasteiger partial charge on any atom is 0.339 e. The lowest BCUT2D eigenvalue weighted by Gasteiger charge is -2.16. The molecule has 1 amide bonds. The number of ether oxygens (including phenoxy) is 1. The Balaban J connectivity index is 1.69. The van der Waals surface area contributed by atoms with E-state index >= 15 is 0 Å². The Kier molecular flexibility index (Phi) is 4.74. The summed E-state index contributed by atoms with van der Waals surface area (Å²) in [4.78, 5) is 32.8. The summed E-state index contributed by atoms with van der Waals surface area (Å²) in [5, 5.41) is 2.66. The molecule has 1 atom stereocenters. The lowest BCUT2D eigenvalue weighted by molar-refractivity contribution is -0.124. The summed E-state index contributed by atoms with van der Waals surface area (Å²) in [6.45, 7) is 3.59. The Labute approximate surface area is 144 Å². The molecule has 2 heterocycles. The Morgan fingerprint density at radius 2 is 2.12 bits per heavy atom. The first-order chi connectivity index (χ1) is 12.1. The van der Waals surface area contributed by atoms with Crippen molar-refractivity contribution < 1.29 is 18.7 Å². The Hall–Kier alpha value is -3.22. The number of benzene rings is 1. The SMILES string of the molecule is CCC(OC(=O)c1ccc2ncoc2c1)C(=O)Nc1cccc(C)n1. The number of oxazole rings is 1. The summed E-state index contributed by atoms with van der Waals surface area (Å²) in [7, 11) is 0. The maximum atomic E-state index is 12.3. The molecule has 0 radical (unpaired) electrons. The van der Waals surface area contributed by atoms with E-state index in [1.807, 2.05) is 13.0 Å². The number of anilines is 1. The molecule has 0 aliphatic heterocycles. The molecule has 0 aliphatic rings. The first-order valence-electron chi connectivity index (χ1n) is 7.85. The zero-order chi connectivity index (χ0) is 17.8. The maximum absolute atomic E-state index is 12.3. The predicted molar refractivity (Wildman–Crippen MR) is 91.1 cm³/mol. The van der Waals surface area contributed by atoms with Gasteiger partial charge >= 0.3 is 5.97 Å². The van der Waals surface area contributed by atoms with Crippen LogP contribution >= 0.6 is 0 Å². The van der Waals surface area contributed by atoms with E-state index < -0.39 is 18.0 Å². The monoisotopic (exact) mass is 339 g/mol. The van der Waals surface area contributed by atoms with Crippen molar-refractivity contribution in [2.24, 2.45) is 0 Å². The molecule has 0 saturated carbocycles. The fraction of sp³-hybridized carbons (Fsp3) is 0.222. The van der Waals surface area contributed by atoms with Gasteiger partial charge in [0.25, 0.3) is 5.91 Å². The summed E-state index contributed by atoms with van der Waals surface area (Å²) in [5.41, 5.74) is 2.20. The minimum atomic E-state index is -0.916. The highest BCUT2D eigenvalue weighted by Crippen LogP contribution is 2.16. The molecule has 1 N–H and O–H groups in total. The molecule has 2 aromatic heterocycles. The lowest BCUT2D eigenvalue weighted by Crippen LogP contribution is -2.32. The number of rotatable bonds is 5. The molecule has 25 heavy (non-hydrogen) atoms. The van der Waals surface area contributed by atoms with Gasteiger partial charge in [0.15, 0.2) is 18.1 Å². The number of amides is 1. The quantitative estimate of drug-likeness (QED) is 0.718. The normalized spacial score (nSPS) is 11.9. The molecule has 3 aromatic rings. The zero-order valence-corrected chi connectivity index (χ0v) is 13.9. The Bertz CT molecular complexity index is 919. The van der Waals surface area contributed by atoms with E-state index in [-0.39, 0.29) is 0 Å². The van der Waals surface area contributed by atoms with Crippen molar-refractivity contribution >= 4 is 28.8 Å². The summed E-state index contributed by atoms with van der Waals surface area (Å²) < 4.78 is 10.5. The van der Waals surface area contributed by atoms with Crippen LogP contribution in [0, 0.1) is 6.92 Å². The van der Waals surface area contributed by atoms with Gasteiger partial charge in [-0.3, -0.25) is 4.79 Å². The van der Waals surface area contributed by atoms with Gasteiger partial charge in [0.2, 0.25) is 0 Å². The summed E-state index contributed by atoms with van der Waals surface area (Å²) >= 11 is 0. The summed E-state index contributed by atoms with van der Waals surface area (Å²) in [6, 6.07) is 10.1. The van der Waals surface area contributed by atoms with E-state index in [4.69, 9.17) is 9.15 Å². The van der Waals surface area contributed by atoms with E-state index in [2.05, 4.69) is 15.3 Å². The lowest BCUT2D eigenvalue weighted by atomic mass is 10.2. The van der Waals surface area contributed by atoms with Crippen molar-refractivity contribution in [1.29, 1.82) is 0 Å².